The summed E-state index contributed by atoms with van der Waals surface area (Å²) in [6, 6.07) is 11.8. The number of rotatable bonds is 4. The molecule has 5 heteroatoms. The Balaban J connectivity index is 2.22. The number of aliphatic hydroxyl groups is 1. The Bertz CT molecular complexity index is 608. The lowest BCUT2D eigenvalue weighted by Crippen LogP contribution is -2.05. The lowest BCUT2D eigenvalue weighted by Gasteiger charge is -2.09. The maximum absolute atomic E-state index is 11.5. The van der Waals surface area contributed by atoms with Crippen molar-refractivity contribution < 1.29 is 19.4 Å². The zero-order valence-electron chi connectivity index (χ0n) is 11.0. The van der Waals surface area contributed by atoms with Gasteiger partial charge in [-0.15, -0.1) is 0 Å². The molecule has 2 rings (SSSR count). The van der Waals surface area contributed by atoms with E-state index >= 15 is 0 Å². The van der Waals surface area contributed by atoms with Crippen molar-refractivity contribution >= 4 is 11.7 Å². The molecule has 0 radical (unpaired) electrons. The van der Waals surface area contributed by atoms with Gasteiger partial charge in [-0.1, -0.05) is 12.1 Å². The standard InChI is InChI=1S/C15H15NO4/c1-19-15(18)13-8-12(6-7-14(13)16)20-11-4-2-10(9-17)3-5-11/h2-8,17H,9,16H2,1H3. The van der Waals surface area contributed by atoms with E-state index in [4.69, 9.17) is 15.6 Å². The predicted molar refractivity (Wildman–Crippen MR) is 74.6 cm³/mol. The summed E-state index contributed by atoms with van der Waals surface area (Å²) >= 11 is 0. The number of aliphatic hydroxyl groups excluding tert-OH is 1. The van der Waals surface area contributed by atoms with Crippen molar-refractivity contribution in [2.45, 2.75) is 6.61 Å². The Morgan fingerprint density at radius 1 is 1.15 bits per heavy atom. The van der Waals surface area contributed by atoms with Crippen LogP contribution in [0, 0.1) is 0 Å². The average molecular weight is 273 g/mol. The summed E-state index contributed by atoms with van der Waals surface area (Å²) in [6.45, 7) is -0.0192. The second-order valence-corrected chi connectivity index (χ2v) is 4.14. The SMILES string of the molecule is COC(=O)c1cc(Oc2ccc(CO)cc2)ccc1N. The van der Waals surface area contributed by atoms with Gasteiger partial charge in [0.25, 0.3) is 0 Å². The fourth-order valence-electron chi connectivity index (χ4n) is 1.68. The minimum absolute atomic E-state index is 0.0192. The lowest BCUT2D eigenvalue weighted by molar-refractivity contribution is 0.0601. The van der Waals surface area contributed by atoms with E-state index in [2.05, 4.69) is 4.74 Å². The van der Waals surface area contributed by atoms with Gasteiger partial charge in [-0.25, -0.2) is 4.79 Å². The fourth-order valence-corrected chi connectivity index (χ4v) is 1.68. The molecule has 20 heavy (non-hydrogen) atoms. The average Bonchev–Trinajstić information content (AvgIpc) is 2.49. The number of nitrogen functional groups attached to an aromatic ring is 1. The molecular formula is C15H15NO4. The largest absolute Gasteiger partial charge is 0.465 e. The van der Waals surface area contributed by atoms with Crippen LogP contribution in [0.4, 0.5) is 5.69 Å². The Labute approximate surface area is 116 Å². The van der Waals surface area contributed by atoms with Gasteiger partial charge in [0.2, 0.25) is 0 Å². The monoisotopic (exact) mass is 273 g/mol. The number of nitrogens with two attached hydrogens (primary N) is 1. The number of esters is 1. The van der Waals surface area contributed by atoms with E-state index in [0.29, 0.717) is 17.2 Å². The van der Waals surface area contributed by atoms with Crippen molar-refractivity contribution in [2.75, 3.05) is 12.8 Å². The number of ether oxygens (including phenoxy) is 2. The van der Waals surface area contributed by atoms with Gasteiger partial charge in [-0.2, -0.15) is 0 Å². The Kier molecular flexibility index (Phi) is 4.22. The van der Waals surface area contributed by atoms with Crippen LogP contribution >= 0.6 is 0 Å². The van der Waals surface area contributed by atoms with Crippen molar-refractivity contribution in [2.24, 2.45) is 0 Å². The third kappa shape index (κ3) is 3.07. The fraction of sp³-hybridized carbons (Fsp3) is 0.133. The molecule has 0 amide bonds. The van der Waals surface area contributed by atoms with Gasteiger partial charge in [0.1, 0.15) is 11.5 Å². The van der Waals surface area contributed by atoms with E-state index in [-0.39, 0.29) is 12.2 Å². The summed E-state index contributed by atoms with van der Waals surface area (Å²) in [7, 11) is 1.29. The van der Waals surface area contributed by atoms with Crippen LogP contribution in [0.15, 0.2) is 42.5 Å². The normalized spacial score (nSPS) is 10.1. The van der Waals surface area contributed by atoms with Crippen molar-refractivity contribution in [3.8, 4) is 11.5 Å². The molecule has 0 aliphatic rings. The lowest BCUT2D eigenvalue weighted by atomic mass is 10.1. The van der Waals surface area contributed by atoms with Crippen LogP contribution in [0.1, 0.15) is 15.9 Å². The molecule has 0 heterocycles. The highest BCUT2D eigenvalue weighted by Crippen LogP contribution is 2.25. The molecule has 0 saturated carbocycles. The molecule has 0 aliphatic heterocycles. The van der Waals surface area contributed by atoms with Crippen LogP contribution in [0.2, 0.25) is 0 Å². The zero-order chi connectivity index (χ0) is 14.5. The van der Waals surface area contributed by atoms with Crippen molar-refractivity contribution in [3.05, 3.63) is 53.6 Å². The topological polar surface area (TPSA) is 81.8 Å². The number of carbonyl (C=O) groups excluding carboxylic acids is 1. The molecular weight excluding hydrogens is 258 g/mol. The molecule has 3 N–H and O–H groups in total. The van der Waals surface area contributed by atoms with Gasteiger partial charge < -0.3 is 20.3 Å². The van der Waals surface area contributed by atoms with Crippen molar-refractivity contribution in [3.63, 3.8) is 0 Å². The van der Waals surface area contributed by atoms with Crippen LogP contribution in [0.25, 0.3) is 0 Å². The van der Waals surface area contributed by atoms with Gasteiger partial charge in [0.15, 0.2) is 0 Å². The molecule has 0 bridgehead atoms. The predicted octanol–water partition coefficient (Wildman–Crippen LogP) is 2.34. The molecule has 5 nitrogen and oxygen atoms in total. The van der Waals surface area contributed by atoms with Crippen LogP contribution in [0.5, 0.6) is 11.5 Å². The number of benzene rings is 2. The van der Waals surface area contributed by atoms with Crippen LogP contribution in [0.3, 0.4) is 0 Å². The molecule has 0 aliphatic carbocycles. The molecule has 0 aromatic heterocycles. The first-order valence-corrected chi connectivity index (χ1v) is 5.99. The van der Waals surface area contributed by atoms with Gasteiger partial charge in [0.05, 0.1) is 19.3 Å². The first-order chi connectivity index (χ1) is 9.63. The highest BCUT2D eigenvalue weighted by molar-refractivity contribution is 5.95. The molecule has 0 saturated heterocycles. The van der Waals surface area contributed by atoms with E-state index in [1.807, 2.05) is 0 Å². The Morgan fingerprint density at radius 2 is 1.80 bits per heavy atom. The van der Waals surface area contributed by atoms with Gasteiger partial charge in [-0.3, -0.25) is 0 Å². The maximum Gasteiger partial charge on any atom is 0.340 e. The summed E-state index contributed by atoms with van der Waals surface area (Å²) < 4.78 is 10.3. The summed E-state index contributed by atoms with van der Waals surface area (Å²) in [5.41, 5.74) is 7.10. The Hall–Kier alpha value is -2.53. The molecule has 104 valence electrons. The second-order valence-electron chi connectivity index (χ2n) is 4.14. The summed E-state index contributed by atoms with van der Waals surface area (Å²) in [4.78, 5) is 11.5. The molecule has 0 unspecified atom stereocenters. The van der Waals surface area contributed by atoms with E-state index in [1.165, 1.54) is 13.2 Å². The smallest absolute Gasteiger partial charge is 0.340 e. The van der Waals surface area contributed by atoms with Gasteiger partial charge >= 0.3 is 5.97 Å². The zero-order valence-corrected chi connectivity index (χ0v) is 11.0. The number of hydrogen-bond acceptors (Lipinski definition) is 5. The number of methoxy groups -OCH3 is 1. The molecule has 2 aromatic rings. The summed E-state index contributed by atoms with van der Waals surface area (Å²) in [5, 5.41) is 8.97. The second kappa shape index (κ2) is 6.08. The molecule has 0 fully saturated rings. The summed E-state index contributed by atoms with van der Waals surface area (Å²) in [6.07, 6.45) is 0. The molecule has 2 aromatic carbocycles. The van der Waals surface area contributed by atoms with Gasteiger partial charge in [-0.05, 0) is 35.9 Å². The van der Waals surface area contributed by atoms with Crippen LogP contribution in [-0.4, -0.2) is 18.2 Å². The molecule has 0 atom stereocenters. The van der Waals surface area contributed by atoms with Crippen LogP contribution in [-0.2, 0) is 11.3 Å². The maximum atomic E-state index is 11.5. The third-order valence-electron chi connectivity index (χ3n) is 2.77. The van der Waals surface area contributed by atoms with E-state index < -0.39 is 5.97 Å². The first kappa shape index (κ1) is 13.9. The quantitative estimate of drug-likeness (QED) is 0.660. The first-order valence-electron chi connectivity index (χ1n) is 5.99. The highest BCUT2D eigenvalue weighted by atomic mass is 16.5. The number of carbonyl (C=O) groups is 1. The Morgan fingerprint density at radius 3 is 2.40 bits per heavy atom. The van der Waals surface area contributed by atoms with E-state index in [1.54, 1.807) is 36.4 Å². The third-order valence-corrected chi connectivity index (χ3v) is 2.77. The summed E-state index contributed by atoms with van der Waals surface area (Å²) in [5.74, 6) is 0.572. The number of anilines is 1. The van der Waals surface area contributed by atoms with E-state index in [0.717, 1.165) is 5.56 Å². The van der Waals surface area contributed by atoms with E-state index in [9.17, 15) is 4.79 Å². The number of hydrogen-bond donors (Lipinski definition) is 2. The van der Waals surface area contributed by atoms with Crippen LogP contribution < -0.4 is 10.5 Å². The van der Waals surface area contributed by atoms with Crippen molar-refractivity contribution in [1.82, 2.24) is 0 Å². The van der Waals surface area contributed by atoms with Gasteiger partial charge in [0, 0.05) is 5.69 Å². The van der Waals surface area contributed by atoms with Crippen molar-refractivity contribution in [1.29, 1.82) is 0 Å². The highest BCUT2D eigenvalue weighted by Gasteiger charge is 2.11. The molecule has 0 spiro atoms. The minimum Gasteiger partial charge on any atom is -0.465 e. The minimum atomic E-state index is -0.511.